The van der Waals surface area contributed by atoms with Crippen LogP contribution in [0.4, 0.5) is 5.69 Å². The first-order valence-corrected chi connectivity index (χ1v) is 7.49. The van der Waals surface area contributed by atoms with E-state index < -0.39 is 5.97 Å². The topological polar surface area (TPSA) is 43.8 Å². The van der Waals surface area contributed by atoms with Gasteiger partial charge in [0.15, 0.2) is 0 Å². The van der Waals surface area contributed by atoms with Gasteiger partial charge in [-0.05, 0) is 41.3 Å². The minimum Gasteiger partial charge on any atom is -0.481 e. The van der Waals surface area contributed by atoms with Crippen LogP contribution in [0, 0.1) is 5.92 Å². The number of carboxylic acid groups (broad SMARTS) is 1. The van der Waals surface area contributed by atoms with E-state index in [2.05, 4.69) is 46.4 Å². The maximum Gasteiger partial charge on any atom is 0.307 e. The summed E-state index contributed by atoms with van der Waals surface area (Å²) >= 11 is 0. The Morgan fingerprint density at radius 3 is 2.62 bits per heavy atom. The molecule has 2 aliphatic heterocycles. The first kappa shape index (κ1) is 12.7. The standard InChI is InChI=1S/C17H18N2O2/c20-17(21)15-5-7-18(11-15)19-8-6-14-9-12-3-1-2-4-13(12)10-16(14)19/h1-4,9-10,15H,5-8,11H2,(H,20,21). The SMILES string of the molecule is O=C(O)C1CCN(N2CCc3cc4ccccc4cc32)C1. The minimum absolute atomic E-state index is 0.227. The van der Waals surface area contributed by atoms with E-state index in [0.29, 0.717) is 6.54 Å². The molecule has 2 aliphatic rings. The van der Waals surface area contributed by atoms with Crippen LogP contribution in [0.1, 0.15) is 12.0 Å². The molecule has 4 heteroatoms. The van der Waals surface area contributed by atoms with Gasteiger partial charge in [-0.2, -0.15) is 0 Å². The van der Waals surface area contributed by atoms with E-state index in [4.69, 9.17) is 5.11 Å². The first-order valence-electron chi connectivity index (χ1n) is 7.49. The third-order valence-corrected chi connectivity index (χ3v) is 4.68. The van der Waals surface area contributed by atoms with Crippen molar-refractivity contribution in [1.29, 1.82) is 0 Å². The molecular formula is C17H18N2O2. The molecule has 0 spiro atoms. The molecule has 2 heterocycles. The van der Waals surface area contributed by atoms with Crippen molar-refractivity contribution in [2.24, 2.45) is 5.92 Å². The zero-order valence-corrected chi connectivity index (χ0v) is 11.8. The molecule has 1 saturated heterocycles. The first-order chi connectivity index (χ1) is 10.2. The van der Waals surface area contributed by atoms with Crippen LogP contribution in [0.15, 0.2) is 36.4 Å². The zero-order chi connectivity index (χ0) is 14.4. The van der Waals surface area contributed by atoms with Crippen LogP contribution in [-0.4, -0.2) is 35.7 Å². The van der Waals surface area contributed by atoms with Gasteiger partial charge in [0, 0.05) is 19.6 Å². The quantitative estimate of drug-likeness (QED) is 0.919. The van der Waals surface area contributed by atoms with Crippen LogP contribution < -0.4 is 5.01 Å². The van der Waals surface area contributed by atoms with Crippen LogP contribution in [0.2, 0.25) is 0 Å². The fraction of sp³-hybridized carbons (Fsp3) is 0.353. The van der Waals surface area contributed by atoms with E-state index in [-0.39, 0.29) is 5.92 Å². The van der Waals surface area contributed by atoms with Crippen molar-refractivity contribution in [2.75, 3.05) is 24.6 Å². The molecule has 2 aromatic rings. The molecule has 0 saturated carbocycles. The lowest BCUT2D eigenvalue weighted by Gasteiger charge is -2.30. The predicted octanol–water partition coefficient (Wildman–Crippen LogP) is 2.52. The van der Waals surface area contributed by atoms with Crippen molar-refractivity contribution in [2.45, 2.75) is 12.8 Å². The lowest BCUT2D eigenvalue weighted by atomic mass is 10.1. The Labute approximate surface area is 123 Å². The van der Waals surface area contributed by atoms with Gasteiger partial charge in [0.1, 0.15) is 0 Å². The summed E-state index contributed by atoms with van der Waals surface area (Å²) in [5, 5.41) is 16.2. The number of aliphatic carboxylic acids is 1. The number of benzene rings is 2. The molecule has 0 amide bonds. The molecule has 21 heavy (non-hydrogen) atoms. The summed E-state index contributed by atoms with van der Waals surface area (Å²) in [6.07, 6.45) is 1.78. The van der Waals surface area contributed by atoms with Crippen molar-refractivity contribution in [1.82, 2.24) is 5.01 Å². The third kappa shape index (κ3) is 2.07. The van der Waals surface area contributed by atoms with Crippen molar-refractivity contribution >= 4 is 22.4 Å². The minimum atomic E-state index is -0.671. The summed E-state index contributed by atoms with van der Waals surface area (Å²) in [5.74, 6) is -0.898. The highest BCUT2D eigenvalue weighted by molar-refractivity contribution is 5.88. The van der Waals surface area contributed by atoms with Gasteiger partial charge in [-0.3, -0.25) is 4.79 Å². The van der Waals surface area contributed by atoms with E-state index in [1.165, 1.54) is 22.0 Å². The highest BCUT2D eigenvalue weighted by Gasteiger charge is 2.34. The van der Waals surface area contributed by atoms with E-state index >= 15 is 0 Å². The molecule has 108 valence electrons. The van der Waals surface area contributed by atoms with Crippen molar-refractivity contribution < 1.29 is 9.90 Å². The van der Waals surface area contributed by atoms with Crippen LogP contribution in [0.25, 0.3) is 10.8 Å². The number of nitrogens with zero attached hydrogens (tertiary/aromatic N) is 2. The Morgan fingerprint density at radius 1 is 1.14 bits per heavy atom. The molecule has 1 N–H and O–H groups in total. The van der Waals surface area contributed by atoms with Crippen LogP contribution in [0.3, 0.4) is 0 Å². The molecule has 4 rings (SSSR count). The second-order valence-corrected chi connectivity index (χ2v) is 5.94. The lowest BCUT2D eigenvalue weighted by Crippen LogP contribution is -2.40. The van der Waals surface area contributed by atoms with Gasteiger partial charge in [-0.25, -0.2) is 5.01 Å². The highest BCUT2D eigenvalue weighted by atomic mass is 16.4. The third-order valence-electron chi connectivity index (χ3n) is 4.68. The molecule has 0 radical (unpaired) electrons. The van der Waals surface area contributed by atoms with Crippen molar-refractivity contribution in [3.63, 3.8) is 0 Å². The summed E-state index contributed by atoms with van der Waals surface area (Å²) in [6, 6.07) is 12.9. The molecule has 1 atom stereocenters. The Balaban J connectivity index is 1.67. The summed E-state index contributed by atoms with van der Waals surface area (Å²) in [5.41, 5.74) is 2.62. The number of anilines is 1. The van der Waals surface area contributed by atoms with Gasteiger partial charge < -0.3 is 10.1 Å². The van der Waals surface area contributed by atoms with Gasteiger partial charge in [0.25, 0.3) is 0 Å². The van der Waals surface area contributed by atoms with Crippen molar-refractivity contribution in [3.8, 4) is 0 Å². The molecule has 1 unspecified atom stereocenters. The average Bonchev–Trinajstić information content (AvgIpc) is 3.11. The number of hydrogen-bond acceptors (Lipinski definition) is 3. The van der Waals surface area contributed by atoms with Gasteiger partial charge in [-0.1, -0.05) is 24.3 Å². The second-order valence-electron chi connectivity index (χ2n) is 5.94. The zero-order valence-electron chi connectivity index (χ0n) is 11.8. The maximum absolute atomic E-state index is 11.1. The number of hydrazine groups is 1. The van der Waals surface area contributed by atoms with E-state index in [1.54, 1.807) is 0 Å². The lowest BCUT2D eigenvalue weighted by molar-refractivity contribution is -0.141. The van der Waals surface area contributed by atoms with E-state index in [9.17, 15) is 4.79 Å². The summed E-state index contributed by atoms with van der Waals surface area (Å²) < 4.78 is 0. The van der Waals surface area contributed by atoms with Gasteiger partial charge in [-0.15, -0.1) is 0 Å². The molecular weight excluding hydrogens is 264 g/mol. The summed E-state index contributed by atoms with van der Waals surface area (Å²) in [4.78, 5) is 11.1. The molecule has 1 fully saturated rings. The molecule has 0 bridgehead atoms. The number of carboxylic acids is 1. The molecule has 4 nitrogen and oxygen atoms in total. The molecule has 2 aromatic carbocycles. The smallest absolute Gasteiger partial charge is 0.307 e. The Morgan fingerprint density at radius 2 is 1.90 bits per heavy atom. The Kier molecular flexibility index (Phi) is 2.86. The Bertz CT molecular complexity index is 713. The van der Waals surface area contributed by atoms with Crippen LogP contribution >= 0.6 is 0 Å². The Hall–Kier alpha value is -2.07. The normalized spacial score (nSPS) is 21.9. The van der Waals surface area contributed by atoms with Crippen LogP contribution in [-0.2, 0) is 11.2 Å². The summed E-state index contributed by atoms with van der Waals surface area (Å²) in [6.45, 7) is 2.42. The van der Waals surface area contributed by atoms with E-state index in [1.807, 2.05) is 0 Å². The van der Waals surface area contributed by atoms with Gasteiger partial charge in [0.2, 0.25) is 0 Å². The number of rotatable bonds is 2. The maximum atomic E-state index is 11.1. The highest BCUT2D eigenvalue weighted by Crippen LogP contribution is 2.35. The molecule has 0 aliphatic carbocycles. The van der Waals surface area contributed by atoms with Gasteiger partial charge in [0.05, 0.1) is 11.6 Å². The summed E-state index contributed by atoms with van der Waals surface area (Å²) in [7, 11) is 0. The number of fused-ring (bicyclic) bond motifs is 2. The second kappa shape index (κ2) is 4.74. The molecule has 0 aromatic heterocycles. The fourth-order valence-electron chi connectivity index (χ4n) is 3.52. The number of hydrogen-bond donors (Lipinski definition) is 1. The fourth-order valence-corrected chi connectivity index (χ4v) is 3.52. The largest absolute Gasteiger partial charge is 0.481 e. The average molecular weight is 282 g/mol. The monoisotopic (exact) mass is 282 g/mol. The van der Waals surface area contributed by atoms with Gasteiger partial charge >= 0.3 is 5.97 Å². The van der Waals surface area contributed by atoms with E-state index in [0.717, 1.165) is 25.9 Å². The number of carbonyl (C=O) groups is 1. The van der Waals surface area contributed by atoms with Crippen LogP contribution in [0.5, 0.6) is 0 Å². The predicted molar refractivity (Wildman–Crippen MR) is 82.3 cm³/mol. The van der Waals surface area contributed by atoms with Crippen molar-refractivity contribution in [3.05, 3.63) is 42.0 Å².